The van der Waals surface area contributed by atoms with E-state index in [2.05, 4.69) is 19.2 Å². The van der Waals surface area contributed by atoms with Crippen LogP contribution in [0.1, 0.15) is 65.2 Å². The fourth-order valence-corrected chi connectivity index (χ4v) is 3.91. The van der Waals surface area contributed by atoms with Crippen LogP contribution >= 0.6 is 0 Å². The monoisotopic (exact) mass is 253 g/mol. The second kappa shape index (κ2) is 6.91. The molecule has 0 aromatic rings. The smallest absolute Gasteiger partial charge is 0.0480 e. The van der Waals surface area contributed by atoms with E-state index in [-0.39, 0.29) is 0 Å². The van der Waals surface area contributed by atoms with Crippen LogP contribution in [0.25, 0.3) is 0 Å². The molecule has 0 amide bonds. The molecule has 2 fully saturated rings. The standard InChI is InChI=1S/C16H31NO/c1-14(2)12-16(8-3-4-9-16)13-17-15-6-5-10-18-11-7-15/h14-15,17H,3-13H2,1-2H3. The lowest BCUT2D eigenvalue weighted by molar-refractivity contribution is 0.141. The zero-order valence-electron chi connectivity index (χ0n) is 12.3. The van der Waals surface area contributed by atoms with Crippen LogP contribution < -0.4 is 5.32 Å². The first-order valence-electron chi connectivity index (χ1n) is 8.01. The van der Waals surface area contributed by atoms with Crippen LogP contribution in [0.15, 0.2) is 0 Å². The average Bonchev–Trinajstić information content (AvgIpc) is 2.63. The minimum absolute atomic E-state index is 0.612. The molecule has 1 unspecified atom stereocenters. The largest absolute Gasteiger partial charge is 0.381 e. The summed E-state index contributed by atoms with van der Waals surface area (Å²) in [7, 11) is 0. The Morgan fingerprint density at radius 2 is 1.89 bits per heavy atom. The maximum absolute atomic E-state index is 5.55. The Labute approximate surface area is 113 Å². The zero-order valence-corrected chi connectivity index (χ0v) is 12.3. The first-order chi connectivity index (χ1) is 8.70. The summed E-state index contributed by atoms with van der Waals surface area (Å²) in [5.41, 5.74) is 0.612. The zero-order chi connectivity index (χ0) is 12.8. The van der Waals surface area contributed by atoms with Gasteiger partial charge in [-0.2, -0.15) is 0 Å². The predicted molar refractivity (Wildman–Crippen MR) is 76.8 cm³/mol. The van der Waals surface area contributed by atoms with E-state index in [4.69, 9.17) is 4.74 Å². The van der Waals surface area contributed by atoms with E-state index in [1.807, 2.05) is 0 Å². The molecule has 2 heteroatoms. The van der Waals surface area contributed by atoms with Crippen molar-refractivity contribution >= 4 is 0 Å². The van der Waals surface area contributed by atoms with Gasteiger partial charge in [0, 0.05) is 25.8 Å². The summed E-state index contributed by atoms with van der Waals surface area (Å²) >= 11 is 0. The van der Waals surface area contributed by atoms with Gasteiger partial charge in [-0.05, 0) is 49.9 Å². The van der Waals surface area contributed by atoms with Crippen molar-refractivity contribution in [3.8, 4) is 0 Å². The maximum atomic E-state index is 5.55. The van der Waals surface area contributed by atoms with Crippen LogP contribution in [0.3, 0.4) is 0 Å². The minimum atomic E-state index is 0.612. The first kappa shape index (κ1) is 14.3. The molecule has 1 aliphatic heterocycles. The molecular formula is C16H31NO. The highest BCUT2D eigenvalue weighted by Gasteiger charge is 2.34. The van der Waals surface area contributed by atoms with Crippen molar-refractivity contribution in [2.45, 2.75) is 71.3 Å². The molecule has 0 spiro atoms. The summed E-state index contributed by atoms with van der Waals surface area (Å²) in [6.07, 6.45) is 10.9. The summed E-state index contributed by atoms with van der Waals surface area (Å²) in [6, 6.07) is 0.706. The molecule has 0 aromatic heterocycles. The van der Waals surface area contributed by atoms with Gasteiger partial charge in [-0.25, -0.2) is 0 Å². The third-order valence-electron chi connectivity index (χ3n) is 4.72. The second-order valence-corrected chi connectivity index (χ2v) is 6.93. The van der Waals surface area contributed by atoms with Crippen molar-refractivity contribution < 1.29 is 4.74 Å². The highest BCUT2D eigenvalue weighted by Crippen LogP contribution is 2.42. The number of rotatable bonds is 5. The van der Waals surface area contributed by atoms with Gasteiger partial charge in [0.15, 0.2) is 0 Å². The molecule has 1 atom stereocenters. The van der Waals surface area contributed by atoms with Gasteiger partial charge in [0.25, 0.3) is 0 Å². The van der Waals surface area contributed by atoms with Gasteiger partial charge in [-0.1, -0.05) is 26.7 Å². The van der Waals surface area contributed by atoms with Crippen LogP contribution in [-0.2, 0) is 4.74 Å². The molecule has 1 heterocycles. The van der Waals surface area contributed by atoms with E-state index in [1.54, 1.807) is 0 Å². The molecule has 0 bridgehead atoms. The molecule has 0 radical (unpaired) electrons. The Kier molecular flexibility index (Phi) is 5.50. The molecule has 1 saturated heterocycles. The number of hydrogen-bond donors (Lipinski definition) is 1. The lowest BCUT2D eigenvalue weighted by Crippen LogP contribution is -2.39. The number of ether oxygens (including phenoxy) is 1. The summed E-state index contributed by atoms with van der Waals surface area (Å²) in [4.78, 5) is 0. The van der Waals surface area contributed by atoms with Crippen LogP contribution in [0.5, 0.6) is 0 Å². The second-order valence-electron chi connectivity index (χ2n) is 6.93. The van der Waals surface area contributed by atoms with E-state index in [0.717, 1.165) is 19.1 Å². The lowest BCUT2D eigenvalue weighted by Gasteiger charge is -2.33. The van der Waals surface area contributed by atoms with Gasteiger partial charge in [-0.3, -0.25) is 0 Å². The Hall–Kier alpha value is -0.0800. The van der Waals surface area contributed by atoms with Gasteiger partial charge >= 0.3 is 0 Å². The van der Waals surface area contributed by atoms with Crippen molar-refractivity contribution in [3.63, 3.8) is 0 Å². The third kappa shape index (κ3) is 4.24. The van der Waals surface area contributed by atoms with Crippen molar-refractivity contribution in [1.82, 2.24) is 5.32 Å². The molecular weight excluding hydrogens is 222 g/mol. The highest BCUT2D eigenvalue weighted by molar-refractivity contribution is 4.88. The average molecular weight is 253 g/mol. The minimum Gasteiger partial charge on any atom is -0.381 e. The predicted octanol–water partition coefficient (Wildman–Crippen LogP) is 3.75. The van der Waals surface area contributed by atoms with E-state index < -0.39 is 0 Å². The number of nitrogens with one attached hydrogen (secondary N) is 1. The molecule has 2 rings (SSSR count). The molecule has 1 N–H and O–H groups in total. The molecule has 18 heavy (non-hydrogen) atoms. The van der Waals surface area contributed by atoms with E-state index in [1.165, 1.54) is 57.9 Å². The molecule has 2 aliphatic rings. The van der Waals surface area contributed by atoms with Crippen LogP contribution in [0, 0.1) is 11.3 Å². The van der Waals surface area contributed by atoms with Crippen molar-refractivity contribution in [3.05, 3.63) is 0 Å². The quantitative estimate of drug-likeness (QED) is 0.805. The van der Waals surface area contributed by atoms with Gasteiger partial charge < -0.3 is 10.1 Å². The molecule has 1 aliphatic carbocycles. The molecule has 2 nitrogen and oxygen atoms in total. The van der Waals surface area contributed by atoms with Crippen LogP contribution in [-0.4, -0.2) is 25.8 Å². The van der Waals surface area contributed by atoms with Gasteiger partial charge in [-0.15, -0.1) is 0 Å². The summed E-state index contributed by atoms with van der Waals surface area (Å²) < 4.78 is 5.55. The topological polar surface area (TPSA) is 21.3 Å². The van der Waals surface area contributed by atoms with Crippen molar-refractivity contribution in [1.29, 1.82) is 0 Å². The number of hydrogen-bond acceptors (Lipinski definition) is 2. The Balaban J connectivity index is 1.81. The fourth-order valence-electron chi connectivity index (χ4n) is 3.91. The van der Waals surface area contributed by atoms with E-state index >= 15 is 0 Å². The third-order valence-corrected chi connectivity index (χ3v) is 4.72. The van der Waals surface area contributed by atoms with Gasteiger partial charge in [0.1, 0.15) is 0 Å². The Bertz CT molecular complexity index is 225. The highest BCUT2D eigenvalue weighted by atomic mass is 16.5. The van der Waals surface area contributed by atoms with E-state index in [9.17, 15) is 0 Å². The first-order valence-corrected chi connectivity index (χ1v) is 8.01. The van der Waals surface area contributed by atoms with Crippen LogP contribution in [0.2, 0.25) is 0 Å². The van der Waals surface area contributed by atoms with Gasteiger partial charge in [0.05, 0.1) is 0 Å². The normalized spacial score (nSPS) is 28.5. The summed E-state index contributed by atoms with van der Waals surface area (Å²) in [6.45, 7) is 7.92. The SMILES string of the molecule is CC(C)CC1(CNC2CCCOCC2)CCCC1. The van der Waals surface area contributed by atoms with Gasteiger partial charge in [0.2, 0.25) is 0 Å². The van der Waals surface area contributed by atoms with E-state index in [0.29, 0.717) is 11.5 Å². The van der Waals surface area contributed by atoms with Crippen molar-refractivity contribution in [2.24, 2.45) is 11.3 Å². The fraction of sp³-hybridized carbons (Fsp3) is 1.00. The van der Waals surface area contributed by atoms with Crippen molar-refractivity contribution in [2.75, 3.05) is 19.8 Å². The lowest BCUT2D eigenvalue weighted by atomic mass is 9.78. The van der Waals surface area contributed by atoms with Crippen LogP contribution in [0.4, 0.5) is 0 Å². The molecule has 106 valence electrons. The Morgan fingerprint density at radius 1 is 1.11 bits per heavy atom. The summed E-state index contributed by atoms with van der Waals surface area (Å²) in [5.74, 6) is 0.836. The Morgan fingerprint density at radius 3 is 2.61 bits per heavy atom. The molecule has 1 saturated carbocycles. The molecule has 0 aromatic carbocycles. The summed E-state index contributed by atoms with van der Waals surface area (Å²) in [5, 5.41) is 3.87. The maximum Gasteiger partial charge on any atom is 0.0480 e.